The fraction of sp³-hybridized carbons (Fsp3) is 0.391. The van der Waals surface area contributed by atoms with Crippen molar-refractivity contribution in [1.29, 1.82) is 0 Å². The van der Waals surface area contributed by atoms with Crippen molar-refractivity contribution in [2.45, 2.75) is 55.2 Å². The van der Waals surface area contributed by atoms with E-state index < -0.39 is 16.1 Å². The Kier molecular flexibility index (Phi) is 6.59. The van der Waals surface area contributed by atoms with E-state index in [1.54, 1.807) is 6.07 Å². The molecule has 0 bridgehead atoms. The van der Waals surface area contributed by atoms with Gasteiger partial charge in [-0.15, -0.1) is 22.7 Å². The number of carbonyl (C=O) groups excluding carboxylic acids is 1. The van der Waals surface area contributed by atoms with Gasteiger partial charge in [-0.25, -0.2) is 13.4 Å². The molecule has 6 nitrogen and oxygen atoms in total. The smallest absolute Gasteiger partial charge is 0.253 e. The molecule has 3 heterocycles. The number of thiophene rings is 1. The molecule has 2 aromatic heterocycles. The van der Waals surface area contributed by atoms with E-state index in [-0.39, 0.29) is 10.1 Å². The largest absolute Gasteiger partial charge is 0.301 e. The highest BCUT2D eigenvalue weighted by atomic mass is 35.5. The van der Waals surface area contributed by atoms with Crippen LogP contribution in [0.2, 0.25) is 4.34 Å². The quantitative estimate of drug-likeness (QED) is 0.475. The molecular formula is C23H24ClN3O3S3. The molecule has 10 heteroatoms. The minimum atomic E-state index is -3.78. The summed E-state index contributed by atoms with van der Waals surface area (Å²) in [6, 6.07) is 8.78. The molecule has 3 aromatic rings. The number of hydrogen-bond donors (Lipinski definition) is 1. The number of nitrogens with one attached hydrogen (secondary N) is 1. The van der Waals surface area contributed by atoms with Crippen LogP contribution in [0.1, 0.15) is 43.2 Å². The molecule has 1 aliphatic carbocycles. The van der Waals surface area contributed by atoms with Crippen LogP contribution in [0.5, 0.6) is 0 Å². The number of fused-ring (bicyclic) bond motifs is 1. The second-order valence-corrected chi connectivity index (χ2v) is 13.1. The van der Waals surface area contributed by atoms with Crippen LogP contribution in [0.4, 0.5) is 5.13 Å². The van der Waals surface area contributed by atoms with Gasteiger partial charge in [0.2, 0.25) is 5.91 Å². The maximum Gasteiger partial charge on any atom is 0.253 e. The van der Waals surface area contributed by atoms with E-state index in [4.69, 9.17) is 11.6 Å². The first-order valence-electron chi connectivity index (χ1n) is 11.1. The van der Waals surface area contributed by atoms with Gasteiger partial charge in [-0.1, -0.05) is 30.2 Å². The van der Waals surface area contributed by atoms with Crippen molar-refractivity contribution in [1.82, 2.24) is 9.29 Å². The summed E-state index contributed by atoms with van der Waals surface area (Å²) >= 11 is 8.32. The van der Waals surface area contributed by atoms with Gasteiger partial charge >= 0.3 is 0 Å². The van der Waals surface area contributed by atoms with E-state index in [2.05, 4.69) is 28.5 Å². The maximum atomic E-state index is 13.2. The van der Waals surface area contributed by atoms with Crippen molar-refractivity contribution in [2.75, 3.05) is 11.9 Å². The van der Waals surface area contributed by atoms with Crippen LogP contribution in [0, 0.1) is 0 Å². The summed E-state index contributed by atoms with van der Waals surface area (Å²) in [5.74, 6) is -0.340. The number of hydrogen-bond acceptors (Lipinski definition) is 6. The van der Waals surface area contributed by atoms with Crippen molar-refractivity contribution in [3.8, 4) is 11.3 Å². The van der Waals surface area contributed by atoms with Crippen LogP contribution in [0.3, 0.4) is 0 Å². The molecule has 0 saturated carbocycles. The minimum absolute atomic E-state index is 0.163. The Morgan fingerprint density at radius 2 is 1.91 bits per heavy atom. The van der Waals surface area contributed by atoms with E-state index in [0.717, 1.165) is 48.3 Å². The number of aromatic nitrogens is 1. The summed E-state index contributed by atoms with van der Waals surface area (Å²) in [5.41, 5.74) is 4.67. The maximum absolute atomic E-state index is 13.2. The predicted molar refractivity (Wildman–Crippen MR) is 134 cm³/mol. The summed E-state index contributed by atoms with van der Waals surface area (Å²) in [6.45, 7) is 0.314. The van der Waals surface area contributed by atoms with E-state index in [1.165, 1.54) is 45.7 Å². The molecule has 1 fully saturated rings. The van der Waals surface area contributed by atoms with Crippen molar-refractivity contribution in [2.24, 2.45) is 0 Å². The van der Waals surface area contributed by atoms with Gasteiger partial charge in [-0.05, 0) is 67.9 Å². The number of sulfonamides is 1. The summed E-state index contributed by atoms with van der Waals surface area (Å²) in [7, 11) is -3.78. The number of halogens is 1. The van der Waals surface area contributed by atoms with Gasteiger partial charge in [0.05, 0.1) is 10.0 Å². The molecule has 1 atom stereocenters. The van der Waals surface area contributed by atoms with Crippen molar-refractivity contribution in [3.63, 3.8) is 0 Å². The first-order chi connectivity index (χ1) is 15.9. The number of anilines is 1. The topological polar surface area (TPSA) is 79.4 Å². The fourth-order valence-corrected chi connectivity index (χ4v) is 8.54. The summed E-state index contributed by atoms with van der Waals surface area (Å²) in [5, 5.41) is 5.28. The lowest BCUT2D eigenvalue weighted by atomic mass is 9.90. The highest BCUT2D eigenvalue weighted by Crippen LogP contribution is 2.33. The number of aryl methyl sites for hydroxylation is 2. The van der Waals surface area contributed by atoms with Gasteiger partial charge in [0.1, 0.15) is 10.3 Å². The lowest BCUT2D eigenvalue weighted by molar-refractivity contribution is -0.120. The Hall–Kier alpha value is -1.78. The summed E-state index contributed by atoms with van der Waals surface area (Å²) < 4.78 is 28.2. The van der Waals surface area contributed by atoms with Crippen LogP contribution in [-0.2, 0) is 27.7 Å². The molecule has 33 heavy (non-hydrogen) atoms. The highest BCUT2D eigenvalue weighted by Gasteiger charge is 2.38. The molecule has 1 aliphatic heterocycles. The van der Waals surface area contributed by atoms with E-state index in [9.17, 15) is 13.2 Å². The molecule has 174 valence electrons. The molecule has 1 unspecified atom stereocenters. The van der Waals surface area contributed by atoms with Crippen LogP contribution >= 0.6 is 34.3 Å². The Morgan fingerprint density at radius 1 is 1.09 bits per heavy atom. The van der Waals surface area contributed by atoms with Gasteiger partial charge in [-0.2, -0.15) is 4.31 Å². The van der Waals surface area contributed by atoms with Gasteiger partial charge in [-0.3, -0.25) is 4.79 Å². The normalized spacial score (nSPS) is 19.2. The lowest BCUT2D eigenvalue weighted by Crippen LogP contribution is -2.49. The van der Waals surface area contributed by atoms with Crippen molar-refractivity contribution in [3.05, 3.63) is 51.2 Å². The first kappa shape index (κ1) is 23.0. The second kappa shape index (κ2) is 9.46. The zero-order valence-electron chi connectivity index (χ0n) is 17.9. The van der Waals surface area contributed by atoms with Crippen molar-refractivity contribution < 1.29 is 13.2 Å². The minimum Gasteiger partial charge on any atom is -0.301 e. The molecular weight excluding hydrogens is 498 g/mol. The average Bonchev–Trinajstić information content (AvgIpc) is 3.48. The Bertz CT molecular complexity index is 1280. The third-order valence-electron chi connectivity index (χ3n) is 6.25. The van der Waals surface area contributed by atoms with Gasteiger partial charge in [0.25, 0.3) is 10.0 Å². The van der Waals surface area contributed by atoms with Crippen molar-refractivity contribution >= 4 is 55.3 Å². The molecule has 1 saturated heterocycles. The molecule has 1 aromatic carbocycles. The van der Waals surface area contributed by atoms with E-state index >= 15 is 0 Å². The summed E-state index contributed by atoms with van der Waals surface area (Å²) in [4.78, 5) is 17.7. The Labute approximate surface area is 206 Å². The van der Waals surface area contributed by atoms with Crippen LogP contribution < -0.4 is 5.32 Å². The molecule has 2 aliphatic rings. The third-order valence-corrected chi connectivity index (χ3v) is 10.6. The van der Waals surface area contributed by atoms with Crippen LogP contribution in [0.15, 0.2) is 39.9 Å². The number of piperidine rings is 1. The van der Waals surface area contributed by atoms with Gasteiger partial charge in [0.15, 0.2) is 5.13 Å². The third kappa shape index (κ3) is 4.74. The standard InChI is InChI=1S/C23H24ClN3O3S3/c24-20-10-11-21(32-20)33(29,30)27-12-4-3-7-19(27)22(28)26-23-25-18(14-31-23)17-9-8-15-5-1-2-6-16(15)13-17/h8-11,13-14,19H,1-7,12H2,(H,25,26,28). The fourth-order valence-electron chi connectivity index (χ4n) is 4.55. The first-order valence-corrected chi connectivity index (χ1v) is 14.6. The highest BCUT2D eigenvalue weighted by molar-refractivity contribution is 7.91. The predicted octanol–water partition coefficient (Wildman–Crippen LogP) is 5.59. The molecule has 0 spiro atoms. The van der Waals surface area contributed by atoms with Crippen LogP contribution in [-0.4, -0.2) is 36.2 Å². The molecule has 5 rings (SSSR count). The van der Waals surface area contributed by atoms with E-state index in [0.29, 0.717) is 22.4 Å². The van der Waals surface area contributed by atoms with Gasteiger partial charge < -0.3 is 5.32 Å². The number of benzene rings is 1. The molecule has 1 amide bonds. The average molecular weight is 522 g/mol. The monoisotopic (exact) mass is 521 g/mol. The number of nitrogens with zero attached hydrogens (tertiary/aromatic N) is 2. The Balaban J connectivity index is 1.33. The summed E-state index contributed by atoms with van der Waals surface area (Å²) in [6.07, 6.45) is 6.69. The zero-order valence-corrected chi connectivity index (χ0v) is 21.1. The second-order valence-electron chi connectivity index (χ2n) is 8.40. The number of carbonyl (C=O) groups is 1. The zero-order chi connectivity index (χ0) is 23.0. The number of rotatable bonds is 5. The SMILES string of the molecule is O=C(Nc1nc(-c2ccc3c(c2)CCCC3)cs1)C1CCCCN1S(=O)(=O)c1ccc(Cl)s1. The lowest BCUT2D eigenvalue weighted by Gasteiger charge is -2.32. The van der Waals surface area contributed by atoms with Gasteiger partial charge in [0, 0.05) is 17.5 Å². The molecule has 0 radical (unpaired) electrons. The Morgan fingerprint density at radius 3 is 2.70 bits per heavy atom. The van der Waals surface area contributed by atoms with Crippen LogP contribution in [0.25, 0.3) is 11.3 Å². The number of amides is 1. The number of thiazole rings is 1. The molecule has 1 N–H and O–H groups in total. The van der Waals surface area contributed by atoms with E-state index in [1.807, 2.05) is 5.38 Å².